The van der Waals surface area contributed by atoms with Crippen molar-refractivity contribution in [3.05, 3.63) is 22.9 Å². The second kappa shape index (κ2) is 4.34. The highest BCUT2D eigenvalue weighted by Crippen LogP contribution is 2.28. The van der Waals surface area contributed by atoms with Gasteiger partial charge in [0.25, 0.3) is 0 Å². The third kappa shape index (κ3) is 2.09. The van der Waals surface area contributed by atoms with Crippen LogP contribution in [0.2, 0.25) is 0 Å². The van der Waals surface area contributed by atoms with Gasteiger partial charge in [0.2, 0.25) is 0 Å². The summed E-state index contributed by atoms with van der Waals surface area (Å²) in [5.41, 5.74) is 1.26. The zero-order valence-electron chi connectivity index (χ0n) is 9.19. The van der Waals surface area contributed by atoms with E-state index in [0.717, 1.165) is 16.4 Å². The summed E-state index contributed by atoms with van der Waals surface area (Å²) >= 11 is 3.38. The summed E-state index contributed by atoms with van der Waals surface area (Å²) in [6.07, 6.45) is 3.37. The largest absolute Gasteiger partial charge is 0.370 e. The molecular weight excluding hydrogens is 266 g/mol. The number of hydrogen-bond donors (Lipinski definition) is 1. The summed E-state index contributed by atoms with van der Waals surface area (Å²) in [6, 6.07) is 4.18. The van der Waals surface area contributed by atoms with Crippen molar-refractivity contribution >= 4 is 21.6 Å². The smallest absolute Gasteiger partial charge is 0.106 e. The lowest BCUT2D eigenvalue weighted by atomic mass is 9.86. The molecule has 3 heterocycles. The van der Waals surface area contributed by atoms with E-state index in [-0.39, 0.29) is 0 Å². The van der Waals surface area contributed by atoms with Gasteiger partial charge in [0, 0.05) is 13.1 Å². The fourth-order valence-electron chi connectivity index (χ4n) is 2.87. The third-order valence-corrected chi connectivity index (χ3v) is 4.04. The first-order valence-electron chi connectivity index (χ1n) is 5.88. The monoisotopic (exact) mass is 281 g/mol. The summed E-state index contributed by atoms with van der Waals surface area (Å²) in [7, 11) is 0. The maximum absolute atomic E-state index is 4.31. The van der Waals surface area contributed by atoms with Gasteiger partial charge in [-0.25, -0.2) is 4.98 Å². The van der Waals surface area contributed by atoms with Crippen LogP contribution in [0.3, 0.4) is 0 Å². The van der Waals surface area contributed by atoms with Gasteiger partial charge in [-0.15, -0.1) is 0 Å². The lowest BCUT2D eigenvalue weighted by molar-refractivity contribution is 0.249. The number of hydrogen-bond acceptors (Lipinski definition) is 3. The quantitative estimate of drug-likeness (QED) is 0.797. The average molecular weight is 282 g/mol. The molecule has 1 aromatic rings. The molecule has 3 nitrogen and oxygen atoms in total. The molecule has 1 aromatic heterocycles. The van der Waals surface area contributed by atoms with Crippen LogP contribution in [0.25, 0.3) is 0 Å². The Labute approximate surface area is 104 Å². The molecule has 2 aliphatic heterocycles. The summed E-state index contributed by atoms with van der Waals surface area (Å²) in [5.74, 6) is 1.63. The Bertz CT molecular complexity index is 353. The molecule has 3 rings (SSSR count). The maximum atomic E-state index is 4.31. The van der Waals surface area contributed by atoms with Crippen molar-refractivity contribution in [2.45, 2.75) is 6.42 Å². The van der Waals surface area contributed by atoms with Crippen LogP contribution in [-0.2, 0) is 0 Å². The first-order chi connectivity index (χ1) is 7.81. The Morgan fingerprint density at radius 3 is 2.62 bits per heavy atom. The van der Waals surface area contributed by atoms with Gasteiger partial charge in [-0.2, -0.15) is 0 Å². The molecular formula is C12H16BrN3. The van der Waals surface area contributed by atoms with Crippen molar-refractivity contribution in [3.63, 3.8) is 0 Å². The van der Waals surface area contributed by atoms with Crippen LogP contribution < -0.4 is 10.2 Å². The first kappa shape index (κ1) is 10.5. The van der Waals surface area contributed by atoms with E-state index in [1.807, 2.05) is 12.3 Å². The third-order valence-electron chi connectivity index (χ3n) is 3.57. The average Bonchev–Trinajstić information content (AvgIpc) is 2.29. The molecule has 2 saturated heterocycles. The van der Waals surface area contributed by atoms with Crippen molar-refractivity contribution < 1.29 is 0 Å². The standard InChI is InChI=1S/C12H16BrN3/c13-12-2-1-11(6-15-12)16-7-9-3-10(8-16)5-14-4-9/h1-2,6,9-10,14H,3-5,7-8H2. The molecule has 2 atom stereocenters. The first-order valence-corrected chi connectivity index (χ1v) is 6.68. The van der Waals surface area contributed by atoms with Crippen molar-refractivity contribution in [2.24, 2.45) is 11.8 Å². The van der Waals surface area contributed by atoms with E-state index in [1.165, 1.54) is 38.3 Å². The maximum Gasteiger partial charge on any atom is 0.106 e. The molecule has 0 aromatic carbocycles. The predicted octanol–water partition coefficient (Wildman–Crippen LogP) is 1.89. The zero-order chi connectivity index (χ0) is 11.0. The number of halogens is 1. The van der Waals surface area contributed by atoms with E-state index >= 15 is 0 Å². The Morgan fingerprint density at radius 1 is 1.25 bits per heavy atom. The van der Waals surface area contributed by atoms with E-state index in [1.54, 1.807) is 0 Å². The number of aromatic nitrogens is 1. The van der Waals surface area contributed by atoms with Crippen LogP contribution in [0, 0.1) is 11.8 Å². The SMILES string of the molecule is Brc1ccc(N2CC3CNCC(C3)C2)cn1. The Hall–Kier alpha value is -0.610. The van der Waals surface area contributed by atoms with Crippen LogP contribution >= 0.6 is 15.9 Å². The van der Waals surface area contributed by atoms with Gasteiger partial charge in [0.15, 0.2) is 0 Å². The van der Waals surface area contributed by atoms with Crippen molar-refractivity contribution in [2.75, 3.05) is 31.1 Å². The van der Waals surface area contributed by atoms with Gasteiger partial charge >= 0.3 is 0 Å². The topological polar surface area (TPSA) is 28.2 Å². The number of fused-ring (bicyclic) bond motifs is 2. The van der Waals surface area contributed by atoms with Gasteiger partial charge in [0.05, 0.1) is 11.9 Å². The van der Waals surface area contributed by atoms with Gasteiger partial charge in [-0.05, 0) is 59.4 Å². The Morgan fingerprint density at radius 2 is 2.00 bits per heavy atom. The van der Waals surface area contributed by atoms with Crippen LogP contribution in [-0.4, -0.2) is 31.2 Å². The Kier molecular flexibility index (Phi) is 2.86. The molecule has 0 saturated carbocycles. The number of piperidine rings is 2. The molecule has 16 heavy (non-hydrogen) atoms. The predicted molar refractivity (Wildman–Crippen MR) is 68.6 cm³/mol. The van der Waals surface area contributed by atoms with Gasteiger partial charge < -0.3 is 10.2 Å². The van der Waals surface area contributed by atoms with Crippen molar-refractivity contribution in [1.29, 1.82) is 0 Å². The second-order valence-corrected chi connectivity index (χ2v) is 5.68. The van der Waals surface area contributed by atoms with Gasteiger partial charge in [0.1, 0.15) is 4.60 Å². The highest BCUT2D eigenvalue weighted by molar-refractivity contribution is 9.10. The molecule has 2 unspecified atom stereocenters. The summed E-state index contributed by atoms with van der Waals surface area (Å²) < 4.78 is 0.912. The number of anilines is 1. The minimum Gasteiger partial charge on any atom is -0.370 e. The lowest BCUT2D eigenvalue weighted by Gasteiger charge is -2.42. The molecule has 0 amide bonds. The summed E-state index contributed by atoms with van der Waals surface area (Å²) in [4.78, 5) is 6.79. The zero-order valence-corrected chi connectivity index (χ0v) is 10.8. The van der Waals surface area contributed by atoms with Crippen LogP contribution in [0.1, 0.15) is 6.42 Å². The van der Waals surface area contributed by atoms with Crippen molar-refractivity contribution in [1.82, 2.24) is 10.3 Å². The van der Waals surface area contributed by atoms with E-state index in [2.05, 4.69) is 37.2 Å². The van der Waals surface area contributed by atoms with E-state index < -0.39 is 0 Å². The Balaban J connectivity index is 1.77. The number of nitrogens with zero attached hydrogens (tertiary/aromatic N) is 2. The molecule has 2 aliphatic rings. The number of nitrogens with one attached hydrogen (secondary N) is 1. The summed E-state index contributed by atoms with van der Waals surface area (Å²) in [5, 5.41) is 3.52. The lowest BCUT2D eigenvalue weighted by Crippen LogP contribution is -2.51. The van der Waals surface area contributed by atoms with Crippen LogP contribution in [0.5, 0.6) is 0 Å². The number of rotatable bonds is 1. The van der Waals surface area contributed by atoms with Gasteiger partial charge in [-0.3, -0.25) is 0 Å². The molecule has 86 valence electrons. The minimum atomic E-state index is 0.816. The van der Waals surface area contributed by atoms with Crippen LogP contribution in [0.15, 0.2) is 22.9 Å². The molecule has 0 aliphatic carbocycles. The molecule has 4 heteroatoms. The van der Waals surface area contributed by atoms with E-state index in [9.17, 15) is 0 Å². The molecule has 0 spiro atoms. The van der Waals surface area contributed by atoms with E-state index in [0.29, 0.717) is 0 Å². The molecule has 0 radical (unpaired) electrons. The van der Waals surface area contributed by atoms with E-state index in [4.69, 9.17) is 0 Å². The van der Waals surface area contributed by atoms with Crippen molar-refractivity contribution in [3.8, 4) is 0 Å². The highest BCUT2D eigenvalue weighted by Gasteiger charge is 2.30. The van der Waals surface area contributed by atoms with Crippen LogP contribution in [0.4, 0.5) is 5.69 Å². The molecule has 1 N–H and O–H groups in total. The summed E-state index contributed by atoms with van der Waals surface area (Å²) in [6.45, 7) is 4.70. The molecule has 2 bridgehead atoms. The minimum absolute atomic E-state index is 0.816. The fourth-order valence-corrected chi connectivity index (χ4v) is 3.11. The normalized spacial score (nSPS) is 29.2. The molecule has 2 fully saturated rings. The fraction of sp³-hybridized carbons (Fsp3) is 0.583. The highest BCUT2D eigenvalue weighted by atomic mass is 79.9. The number of pyridine rings is 1. The second-order valence-electron chi connectivity index (χ2n) is 4.87. The van der Waals surface area contributed by atoms with Gasteiger partial charge in [-0.1, -0.05) is 0 Å².